The third-order valence-electron chi connectivity index (χ3n) is 5.67. The maximum absolute atomic E-state index is 14.1. The van der Waals surface area contributed by atoms with Gasteiger partial charge in [-0.05, 0) is 56.2 Å². The fourth-order valence-electron chi connectivity index (χ4n) is 4.01. The highest BCUT2D eigenvalue weighted by Crippen LogP contribution is 2.27. The SMILES string of the molecule is CC(Oc1ccc2ncc(-c3ccc(N4CCCC4)cc3)n2n1)c1cc(F)ccc1F. The molecule has 1 atom stereocenters. The highest BCUT2D eigenvalue weighted by Gasteiger charge is 2.16. The van der Waals surface area contributed by atoms with Gasteiger partial charge in [-0.3, -0.25) is 0 Å². The number of anilines is 1. The van der Waals surface area contributed by atoms with Crippen LogP contribution in [-0.4, -0.2) is 27.7 Å². The average Bonchev–Trinajstić information content (AvgIpc) is 3.45. The summed E-state index contributed by atoms with van der Waals surface area (Å²) in [6, 6.07) is 15.2. The molecule has 3 heterocycles. The first-order chi connectivity index (χ1) is 15.1. The van der Waals surface area contributed by atoms with Crippen molar-refractivity contribution in [3.05, 3.63) is 78.0 Å². The van der Waals surface area contributed by atoms with Crippen LogP contribution in [0, 0.1) is 11.6 Å². The highest BCUT2D eigenvalue weighted by molar-refractivity contribution is 5.66. The van der Waals surface area contributed by atoms with E-state index in [2.05, 4.69) is 39.2 Å². The molecule has 1 unspecified atom stereocenters. The molecule has 31 heavy (non-hydrogen) atoms. The number of rotatable bonds is 5. The van der Waals surface area contributed by atoms with Crippen molar-refractivity contribution in [3.8, 4) is 17.1 Å². The second kappa shape index (κ2) is 7.98. The molecule has 2 aromatic carbocycles. The van der Waals surface area contributed by atoms with E-state index in [1.165, 1.54) is 18.5 Å². The number of halogens is 2. The molecule has 5 rings (SSSR count). The number of hydrogen-bond acceptors (Lipinski definition) is 4. The largest absolute Gasteiger partial charge is 0.469 e. The van der Waals surface area contributed by atoms with Crippen molar-refractivity contribution < 1.29 is 13.5 Å². The molecule has 0 saturated carbocycles. The summed E-state index contributed by atoms with van der Waals surface area (Å²) in [5, 5.41) is 4.53. The Morgan fingerprint density at radius 1 is 0.968 bits per heavy atom. The van der Waals surface area contributed by atoms with Gasteiger partial charge in [0.05, 0.1) is 11.9 Å². The predicted octanol–water partition coefficient (Wildman–Crippen LogP) is 5.41. The standard InChI is InChI=1S/C24H22F2N4O/c1-16(20-14-18(25)6-9-21(20)26)31-24-11-10-23-27-15-22(30(23)28-24)17-4-7-19(8-5-17)29-12-2-3-13-29/h4-11,14-16H,2-3,12-13H2,1H3. The van der Waals surface area contributed by atoms with Gasteiger partial charge in [0.1, 0.15) is 17.7 Å². The molecule has 0 bridgehead atoms. The molecule has 0 amide bonds. The molecule has 1 fully saturated rings. The van der Waals surface area contributed by atoms with Crippen LogP contribution in [0.15, 0.2) is 60.8 Å². The number of nitrogens with zero attached hydrogens (tertiary/aromatic N) is 4. The van der Waals surface area contributed by atoms with Gasteiger partial charge in [0.2, 0.25) is 5.88 Å². The first-order valence-corrected chi connectivity index (χ1v) is 10.4. The summed E-state index contributed by atoms with van der Waals surface area (Å²) in [6.07, 6.45) is 3.54. The number of fused-ring (bicyclic) bond motifs is 1. The van der Waals surface area contributed by atoms with Crippen molar-refractivity contribution in [2.75, 3.05) is 18.0 Å². The van der Waals surface area contributed by atoms with Crippen LogP contribution in [0.1, 0.15) is 31.4 Å². The van der Waals surface area contributed by atoms with Crippen LogP contribution >= 0.6 is 0 Å². The molecule has 1 aliphatic rings. The molecule has 0 spiro atoms. The minimum atomic E-state index is -0.702. The summed E-state index contributed by atoms with van der Waals surface area (Å²) < 4.78 is 35.1. The Hall–Kier alpha value is -3.48. The van der Waals surface area contributed by atoms with Crippen LogP contribution < -0.4 is 9.64 Å². The molecule has 1 aliphatic heterocycles. The second-order valence-electron chi connectivity index (χ2n) is 7.75. The normalized spacial score (nSPS) is 14.9. The lowest BCUT2D eigenvalue weighted by molar-refractivity contribution is 0.208. The van der Waals surface area contributed by atoms with Gasteiger partial charge in [0.15, 0.2) is 5.65 Å². The second-order valence-corrected chi connectivity index (χ2v) is 7.75. The smallest absolute Gasteiger partial charge is 0.232 e. The van der Waals surface area contributed by atoms with Crippen LogP contribution in [0.4, 0.5) is 14.5 Å². The third-order valence-corrected chi connectivity index (χ3v) is 5.67. The minimum absolute atomic E-state index is 0.144. The van der Waals surface area contributed by atoms with Gasteiger partial charge in [-0.25, -0.2) is 18.3 Å². The van der Waals surface area contributed by atoms with E-state index in [1.807, 2.05) is 0 Å². The highest BCUT2D eigenvalue weighted by atomic mass is 19.1. The molecule has 158 valence electrons. The van der Waals surface area contributed by atoms with Crippen LogP contribution in [0.25, 0.3) is 16.9 Å². The summed E-state index contributed by atoms with van der Waals surface area (Å²) in [4.78, 5) is 6.81. The monoisotopic (exact) mass is 420 g/mol. The van der Waals surface area contributed by atoms with E-state index in [9.17, 15) is 8.78 Å². The molecule has 7 heteroatoms. The number of aromatic nitrogens is 3. The Labute approximate surface area is 178 Å². The quantitative estimate of drug-likeness (QED) is 0.433. The van der Waals surface area contributed by atoms with Gasteiger partial charge in [-0.15, -0.1) is 5.10 Å². The molecule has 0 N–H and O–H groups in total. The number of hydrogen-bond donors (Lipinski definition) is 0. The number of ether oxygens (including phenoxy) is 1. The molecule has 0 aliphatic carbocycles. The van der Waals surface area contributed by atoms with Crippen LogP contribution in [0.3, 0.4) is 0 Å². The van der Waals surface area contributed by atoms with Gasteiger partial charge >= 0.3 is 0 Å². The topological polar surface area (TPSA) is 42.7 Å². The summed E-state index contributed by atoms with van der Waals surface area (Å²) in [5.74, 6) is -0.725. The third kappa shape index (κ3) is 3.83. The Morgan fingerprint density at radius 3 is 2.52 bits per heavy atom. The zero-order valence-corrected chi connectivity index (χ0v) is 17.1. The van der Waals surface area contributed by atoms with E-state index < -0.39 is 17.7 Å². The summed E-state index contributed by atoms with van der Waals surface area (Å²) in [6.45, 7) is 3.86. The van der Waals surface area contributed by atoms with Crippen LogP contribution in [0.5, 0.6) is 5.88 Å². The van der Waals surface area contributed by atoms with Crippen LogP contribution in [-0.2, 0) is 0 Å². The van der Waals surface area contributed by atoms with Crippen molar-refractivity contribution in [1.82, 2.24) is 14.6 Å². The fourth-order valence-corrected chi connectivity index (χ4v) is 4.01. The molecule has 5 nitrogen and oxygen atoms in total. The Balaban J connectivity index is 1.42. The van der Waals surface area contributed by atoms with Crippen molar-refractivity contribution >= 4 is 11.3 Å². The maximum Gasteiger partial charge on any atom is 0.232 e. The molecule has 4 aromatic rings. The minimum Gasteiger partial charge on any atom is -0.469 e. The molecule has 2 aromatic heterocycles. The molecule has 1 saturated heterocycles. The van der Waals surface area contributed by atoms with E-state index in [0.29, 0.717) is 11.5 Å². The van der Waals surface area contributed by atoms with Crippen molar-refractivity contribution in [3.63, 3.8) is 0 Å². The van der Waals surface area contributed by atoms with E-state index in [-0.39, 0.29) is 5.56 Å². The van der Waals surface area contributed by atoms with Crippen molar-refractivity contribution in [1.29, 1.82) is 0 Å². The zero-order valence-electron chi connectivity index (χ0n) is 17.1. The predicted molar refractivity (Wildman–Crippen MR) is 115 cm³/mol. The van der Waals surface area contributed by atoms with E-state index in [1.54, 1.807) is 29.8 Å². The number of benzene rings is 2. The fraction of sp³-hybridized carbons (Fsp3) is 0.250. The lowest BCUT2D eigenvalue weighted by atomic mass is 10.1. The lowest BCUT2D eigenvalue weighted by Crippen LogP contribution is -2.17. The Kier molecular flexibility index (Phi) is 5.02. The van der Waals surface area contributed by atoms with E-state index in [0.717, 1.165) is 42.5 Å². The Morgan fingerprint density at radius 2 is 1.74 bits per heavy atom. The zero-order chi connectivity index (χ0) is 21.4. The first kappa shape index (κ1) is 19.5. The lowest BCUT2D eigenvalue weighted by Gasteiger charge is -2.17. The van der Waals surface area contributed by atoms with Gasteiger partial charge in [0.25, 0.3) is 0 Å². The van der Waals surface area contributed by atoms with Crippen LogP contribution in [0.2, 0.25) is 0 Å². The van der Waals surface area contributed by atoms with Gasteiger partial charge < -0.3 is 9.64 Å². The van der Waals surface area contributed by atoms with Gasteiger partial charge in [0, 0.05) is 36.0 Å². The number of imidazole rings is 1. The summed E-state index contributed by atoms with van der Waals surface area (Å²) in [7, 11) is 0. The average molecular weight is 420 g/mol. The molecular weight excluding hydrogens is 398 g/mol. The van der Waals surface area contributed by atoms with Crippen molar-refractivity contribution in [2.45, 2.75) is 25.9 Å². The first-order valence-electron chi connectivity index (χ1n) is 10.4. The molecule has 0 radical (unpaired) electrons. The van der Waals surface area contributed by atoms with Gasteiger partial charge in [-0.1, -0.05) is 12.1 Å². The van der Waals surface area contributed by atoms with E-state index in [4.69, 9.17) is 4.74 Å². The van der Waals surface area contributed by atoms with Gasteiger partial charge in [-0.2, -0.15) is 0 Å². The van der Waals surface area contributed by atoms with E-state index >= 15 is 0 Å². The Bertz CT molecular complexity index is 1220. The maximum atomic E-state index is 14.1. The summed E-state index contributed by atoms with van der Waals surface area (Å²) in [5.41, 5.74) is 3.86. The van der Waals surface area contributed by atoms with Crippen molar-refractivity contribution in [2.24, 2.45) is 0 Å². The summed E-state index contributed by atoms with van der Waals surface area (Å²) >= 11 is 0. The molecular formula is C24H22F2N4O.